The quantitative estimate of drug-likeness (QED) is 0.672. The van der Waals surface area contributed by atoms with E-state index in [4.69, 9.17) is 0 Å². The first-order chi connectivity index (χ1) is 7.16. The van der Waals surface area contributed by atoms with Crippen LogP contribution in [0.2, 0.25) is 0 Å². The highest BCUT2D eigenvalue weighted by Crippen LogP contribution is 2.44. The highest BCUT2D eigenvalue weighted by Gasteiger charge is 2.58. The molecule has 89 valence electrons. The molecule has 5 heteroatoms. The molecular formula is C11H10F5. The van der Waals surface area contributed by atoms with E-state index in [9.17, 15) is 22.0 Å². The van der Waals surface area contributed by atoms with Gasteiger partial charge in [-0.1, -0.05) is 32.0 Å². The molecule has 0 bridgehead atoms. The molecule has 0 saturated carbocycles. The molecule has 0 aliphatic carbocycles. The van der Waals surface area contributed by atoms with Gasteiger partial charge in [-0.15, -0.1) is 0 Å². The van der Waals surface area contributed by atoms with Gasteiger partial charge in [0.25, 0.3) is 0 Å². The van der Waals surface area contributed by atoms with Crippen molar-refractivity contribution in [2.24, 2.45) is 0 Å². The van der Waals surface area contributed by atoms with Crippen molar-refractivity contribution in [2.75, 3.05) is 0 Å². The minimum Gasteiger partial charge on any atom is -0.191 e. The number of alkyl halides is 5. The van der Waals surface area contributed by atoms with Crippen LogP contribution < -0.4 is 0 Å². The van der Waals surface area contributed by atoms with Crippen molar-refractivity contribution in [1.82, 2.24) is 0 Å². The van der Waals surface area contributed by atoms with Crippen molar-refractivity contribution in [3.8, 4) is 0 Å². The van der Waals surface area contributed by atoms with Gasteiger partial charge in [-0.05, 0) is 17.5 Å². The van der Waals surface area contributed by atoms with Crippen LogP contribution in [0.1, 0.15) is 25.0 Å². The summed E-state index contributed by atoms with van der Waals surface area (Å²) >= 11 is 0. The van der Waals surface area contributed by atoms with Crippen molar-refractivity contribution in [1.29, 1.82) is 0 Å². The fraction of sp³-hybridized carbons (Fsp3) is 0.364. The second-order valence-electron chi connectivity index (χ2n) is 3.65. The third-order valence-electron chi connectivity index (χ3n) is 2.16. The van der Waals surface area contributed by atoms with Crippen molar-refractivity contribution in [3.05, 3.63) is 41.3 Å². The summed E-state index contributed by atoms with van der Waals surface area (Å²) in [5, 5.41) is 0. The number of benzene rings is 1. The number of hydrogen-bond donors (Lipinski definition) is 0. The molecule has 0 unspecified atom stereocenters. The molecule has 1 aromatic rings. The fourth-order valence-corrected chi connectivity index (χ4v) is 1.19. The Kier molecular flexibility index (Phi) is 3.26. The maximum absolute atomic E-state index is 13.0. The molecule has 0 spiro atoms. The van der Waals surface area contributed by atoms with Gasteiger partial charge in [0, 0.05) is 5.56 Å². The molecule has 1 rings (SSSR count). The molecule has 0 amide bonds. The number of rotatable bonds is 2. The smallest absolute Gasteiger partial charge is 0.191 e. The van der Waals surface area contributed by atoms with Crippen molar-refractivity contribution < 1.29 is 22.0 Å². The van der Waals surface area contributed by atoms with E-state index >= 15 is 0 Å². The van der Waals surface area contributed by atoms with Gasteiger partial charge in [-0.3, -0.25) is 0 Å². The average Bonchev–Trinajstić information content (AvgIpc) is 2.16. The van der Waals surface area contributed by atoms with Crippen LogP contribution in [-0.2, 0) is 5.92 Å². The topological polar surface area (TPSA) is 0 Å². The Labute approximate surface area is 90.1 Å². The van der Waals surface area contributed by atoms with E-state index in [0.717, 1.165) is 12.1 Å². The number of halogens is 5. The Bertz CT molecular complexity index is 365. The van der Waals surface area contributed by atoms with Gasteiger partial charge in [0.05, 0.1) is 0 Å². The maximum Gasteiger partial charge on any atom is 0.458 e. The lowest BCUT2D eigenvalue weighted by atomic mass is 9.98. The Balaban J connectivity index is 3.19. The van der Waals surface area contributed by atoms with E-state index in [-0.39, 0.29) is 0 Å². The molecule has 1 aromatic carbocycles. The molecule has 0 fully saturated rings. The Morgan fingerprint density at radius 2 is 1.56 bits per heavy atom. The minimum atomic E-state index is -5.56. The first kappa shape index (κ1) is 12.9. The first-order valence-electron chi connectivity index (χ1n) is 4.52. The third kappa shape index (κ3) is 2.33. The van der Waals surface area contributed by atoms with Gasteiger partial charge in [0.1, 0.15) is 0 Å². The Hall–Kier alpha value is -1.13. The van der Waals surface area contributed by atoms with Gasteiger partial charge in [0.2, 0.25) is 0 Å². The molecule has 0 aromatic heterocycles. The van der Waals surface area contributed by atoms with Crippen LogP contribution in [0.5, 0.6) is 0 Å². The standard InChI is InChI=1S/C11H10F5/c1-7(2)8-4-3-5-9(6-8)10(12,13)11(14,15)16/h3-6H,1-2H3. The summed E-state index contributed by atoms with van der Waals surface area (Å²) < 4.78 is 62.2. The zero-order valence-electron chi connectivity index (χ0n) is 8.70. The predicted molar refractivity (Wildman–Crippen MR) is 50.1 cm³/mol. The van der Waals surface area contributed by atoms with Gasteiger partial charge < -0.3 is 0 Å². The van der Waals surface area contributed by atoms with Crippen LogP contribution in [0.4, 0.5) is 22.0 Å². The molecule has 0 nitrogen and oxygen atoms in total. The Morgan fingerprint density at radius 3 is 2.00 bits per heavy atom. The minimum absolute atomic E-state index is 0.376. The van der Waals surface area contributed by atoms with Crippen molar-refractivity contribution in [2.45, 2.75) is 25.9 Å². The van der Waals surface area contributed by atoms with Crippen LogP contribution in [0.15, 0.2) is 24.3 Å². The van der Waals surface area contributed by atoms with Crippen molar-refractivity contribution in [3.63, 3.8) is 0 Å². The molecule has 1 radical (unpaired) electrons. The highest BCUT2D eigenvalue weighted by atomic mass is 19.4. The molecule has 0 atom stereocenters. The summed E-state index contributed by atoms with van der Waals surface area (Å²) in [6, 6.07) is 4.32. The van der Waals surface area contributed by atoms with Gasteiger partial charge >= 0.3 is 12.1 Å². The van der Waals surface area contributed by atoms with E-state index in [1.165, 1.54) is 12.1 Å². The van der Waals surface area contributed by atoms with E-state index < -0.39 is 17.7 Å². The monoisotopic (exact) mass is 237 g/mol. The molecule has 0 heterocycles. The SMILES string of the molecule is C[C](C)c1cccc(C(F)(F)C(F)(F)F)c1. The normalized spacial score (nSPS) is 13.2. The molecular weight excluding hydrogens is 227 g/mol. The summed E-state index contributed by atoms with van der Waals surface area (Å²) in [4.78, 5) is 0. The second-order valence-corrected chi connectivity index (χ2v) is 3.65. The van der Waals surface area contributed by atoms with E-state index in [1.54, 1.807) is 13.8 Å². The zero-order valence-corrected chi connectivity index (χ0v) is 8.70. The summed E-state index contributed by atoms with van der Waals surface area (Å²) in [5.41, 5.74) is -0.653. The van der Waals surface area contributed by atoms with Crippen LogP contribution in [-0.4, -0.2) is 6.18 Å². The van der Waals surface area contributed by atoms with Gasteiger partial charge in [0.15, 0.2) is 0 Å². The lowest BCUT2D eigenvalue weighted by Crippen LogP contribution is -2.33. The first-order valence-corrected chi connectivity index (χ1v) is 4.52. The molecule has 0 N–H and O–H groups in total. The van der Waals surface area contributed by atoms with E-state index in [0.29, 0.717) is 11.5 Å². The lowest BCUT2D eigenvalue weighted by Gasteiger charge is -2.20. The van der Waals surface area contributed by atoms with Crippen LogP contribution >= 0.6 is 0 Å². The predicted octanol–water partition coefficient (Wildman–Crippen LogP) is 4.30. The highest BCUT2D eigenvalue weighted by molar-refractivity contribution is 5.34. The van der Waals surface area contributed by atoms with Crippen LogP contribution in [0.25, 0.3) is 0 Å². The molecule has 0 saturated heterocycles. The maximum atomic E-state index is 13.0. The third-order valence-corrected chi connectivity index (χ3v) is 2.16. The average molecular weight is 237 g/mol. The van der Waals surface area contributed by atoms with Crippen LogP contribution in [0, 0.1) is 5.92 Å². The number of hydrogen-bond acceptors (Lipinski definition) is 0. The molecule has 16 heavy (non-hydrogen) atoms. The summed E-state index contributed by atoms with van der Waals surface area (Å²) in [6.45, 7) is 3.29. The second kappa shape index (κ2) is 4.03. The van der Waals surface area contributed by atoms with Gasteiger partial charge in [-0.25, -0.2) is 0 Å². The summed E-state index contributed by atoms with van der Waals surface area (Å²) in [6.07, 6.45) is -5.56. The van der Waals surface area contributed by atoms with Crippen molar-refractivity contribution >= 4 is 0 Å². The van der Waals surface area contributed by atoms with Gasteiger partial charge in [-0.2, -0.15) is 22.0 Å². The fourth-order valence-electron chi connectivity index (χ4n) is 1.19. The lowest BCUT2D eigenvalue weighted by molar-refractivity contribution is -0.289. The zero-order chi connectivity index (χ0) is 12.6. The molecule has 0 aliphatic heterocycles. The Morgan fingerprint density at radius 1 is 1.00 bits per heavy atom. The van der Waals surface area contributed by atoms with E-state index in [1.807, 2.05) is 0 Å². The van der Waals surface area contributed by atoms with Crippen LogP contribution in [0.3, 0.4) is 0 Å². The largest absolute Gasteiger partial charge is 0.458 e. The van der Waals surface area contributed by atoms with E-state index in [2.05, 4.69) is 0 Å². The molecule has 0 aliphatic rings. The summed E-state index contributed by atoms with van der Waals surface area (Å²) in [7, 11) is 0. The summed E-state index contributed by atoms with van der Waals surface area (Å²) in [5.74, 6) is -4.13.